The van der Waals surface area contributed by atoms with Crippen LogP contribution in [0.2, 0.25) is 0 Å². The third-order valence-corrected chi connectivity index (χ3v) is 5.61. The molecule has 20 heavy (non-hydrogen) atoms. The van der Waals surface area contributed by atoms with Crippen molar-refractivity contribution in [3.05, 3.63) is 35.9 Å². The smallest absolute Gasteiger partial charge is 0.265 e. The molecule has 0 heterocycles. The normalized spacial score (nSPS) is 33.4. The molecule has 0 aromatic heterocycles. The summed E-state index contributed by atoms with van der Waals surface area (Å²) in [6, 6.07) is 9.78. The van der Waals surface area contributed by atoms with E-state index in [2.05, 4.69) is 0 Å². The second-order valence-electron chi connectivity index (χ2n) is 5.96. The molecule has 2 bridgehead atoms. The molecule has 4 rings (SSSR count). The lowest BCUT2D eigenvalue weighted by atomic mass is 9.57. The second-order valence-corrected chi connectivity index (χ2v) is 7.46. The summed E-state index contributed by atoms with van der Waals surface area (Å²) in [5.74, 6) is -0.364. The Morgan fingerprint density at radius 2 is 1.85 bits per heavy atom. The molecule has 3 aliphatic carbocycles. The number of Topliss-reactive ketones (excluding diaryl/α,β-unsaturated/α-hetero) is 1. The van der Waals surface area contributed by atoms with Crippen LogP contribution in [0.25, 0.3) is 0 Å². The molecule has 108 valence electrons. The summed E-state index contributed by atoms with van der Waals surface area (Å²) in [5.41, 5.74) is 1.09. The van der Waals surface area contributed by atoms with E-state index in [9.17, 15) is 17.8 Å². The standard InChI is InChI=1S/C15H18O4S/c16-14-8-11-6-7-12(14)13(9-20(17,18)19)15(11)10-4-2-1-3-5-10/h1-5,11-13,15H,6-9H2,(H,17,18,19)/t11-,12?,13-,15-/m1/s1. The van der Waals surface area contributed by atoms with Crippen molar-refractivity contribution in [1.82, 2.24) is 0 Å². The van der Waals surface area contributed by atoms with Crippen molar-refractivity contribution in [2.75, 3.05) is 5.75 Å². The van der Waals surface area contributed by atoms with Gasteiger partial charge in [-0.3, -0.25) is 9.35 Å². The molecule has 1 aromatic rings. The van der Waals surface area contributed by atoms with Gasteiger partial charge in [0.2, 0.25) is 0 Å². The predicted molar refractivity (Wildman–Crippen MR) is 74.9 cm³/mol. The highest BCUT2D eigenvalue weighted by Gasteiger charge is 2.49. The fourth-order valence-corrected chi connectivity index (χ4v) is 5.01. The topological polar surface area (TPSA) is 71.4 Å². The van der Waals surface area contributed by atoms with E-state index < -0.39 is 10.1 Å². The van der Waals surface area contributed by atoms with Gasteiger partial charge in [-0.1, -0.05) is 30.3 Å². The Balaban J connectivity index is 1.99. The number of ketones is 1. The molecule has 0 radical (unpaired) electrons. The first-order valence-corrected chi connectivity index (χ1v) is 8.59. The van der Waals surface area contributed by atoms with Crippen molar-refractivity contribution < 1.29 is 17.8 Å². The largest absolute Gasteiger partial charge is 0.299 e. The third-order valence-electron chi connectivity index (χ3n) is 4.80. The van der Waals surface area contributed by atoms with Crippen LogP contribution < -0.4 is 0 Å². The van der Waals surface area contributed by atoms with E-state index in [0.29, 0.717) is 6.42 Å². The zero-order valence-corrected chi connectivity index (χ0v) is 11.9. The number of carbonyl (C=O) groups excluding carboxylic acids is 1. The molecule has 3 aliphatic rings. The van der Waals surface area contributed by atoms with Gasteiger partial charge >= 0.3 is 0 Å². The van der Waals surface area contributed by atoms with Gasteiger partial charge in [0, 0.05) is 12.3 Å². The predicted octanol–water partition coefficient (Wildman–Crippen LogP) is 2.27. The maximum absolute atomic E-state index is 12.1. The summed E-state index contributed by atoms with van der Waals surface area (Å²) in [4.78, 5) is 12.1. The van der Waals surface area contributed by atoms with Gasteiger partial charge in [0.15, 0.2) is 0 Å². The van der Waals surface area contributed by atoms with E-state index in [-0.39, 0.29) is 35.2 Å². The van der Waals surface area contributed by atoms with Crippen LogP contribution in [0, 0.1) is 17.8 Å². The molecule has 4 nitrogen and oxygen atoms in total. The van der Waals surface area contributed by atoms with Crippen molar-refractivity contribution in [3.8, 4) is 0 Å². The summed E-state index contributed by atoms with van der Waals surface area (Å²) in [6.07, 6.45) is 2.27. The minimum Gasteiger partial charge on any atom is -0.299 e. The SMILES string of the molecule is O=C1C[C@H]2CCC1[C@@H](CS(=O)(=O)O)[C@@H]2c1ccccc1. The van der Waals surface area contributed by atoms with E-state index in [1.54, 1.807) is 0 Å². The van der Waals surface area contributed by atoms with E-state index in [4.69, 9.17) is 0 Å². The highest BCUT2D eigenvalue weighted by Crippen LogP contribution is 2.52. The molecule has 0 spiro atoms. The molecule has 0 aliphatic heterocycles. The molecule has 1 N–H and O–H groups in total. The second kappa shape index (κ2) is 4.97. The minimum absolute atomic E-state index is 0.0644. The lowest BCUT2D eigenvalue weighted by molar-refractivity contribution is -0.133. The number of benzene rings is 1. The van der Waals surface area contributed by atoms with Crippen molar-refractivity contribution in [2.45, 2.75) is 25.2 Å². The van der Waals surface area contributed by atoms with Crippen LogP contribution in [-0.4, -0.2) is 24.5 Å². The van der Waals surface area contributed by atoms with Crippen LogP contribution in [0.15, 0.2) is 30.3 Å². The van der Waals surface area contributed by atoms with E-state index in [0.717, 1.165) is 18.4 Å². The number of carbonyl (C=O) groups is 1. The van der Waals surface area contributed by atoms with Crippen LogP contribution in [0.3, 0.4) is 0 Å². The van der Waals surface area contributed by atoms with Crippen molar-refractivity contribution in [3.63, 3.8) is 0 Å². The third kappa shape index (κ3) is 2.52. The van der Waals surface area contributed by atoms with Gasteiger partial charge in [-0.05, 0) is 36.2 Å². The zero-order valence-electron chi connectivity index (χ0n) is 11.1. The molecule has 3 fully saturated rings. The zero-order chi connectivity index (χ0) is 14.3. The average molecular weight is 294 g/mol. The Hall–Kier alpha value is -1.20. The first-order chi connectivity index (χ1) is 9.46. The Bertz CT molecular complexity index is 608. The van der Waals surface area contributed by atoms with Gasteiger partial charge in [-0.25, -0.2) is 0 Å². The van der Waals surface area contributed by atoms with Gasteiger partial charge in [0.1, 0.15) is 5.78 Å². The molecule has 1 aromatic carbocycles. The number of fused-ring (bicyclic) bond motifs is 3. The van der Waals surface area contributed by atoms with Gasteiger partial charge in [-0.15, -0.1) is 0 Å². The Morgan fingerprint density at radius 3 is 2.45 bits per heavy atom. The average Bonchev–Trinajstić information content (AvgIpc) is 2.38. The van der Waals surface area contributed by atoms with Crippen molar-refractivity contribution in [2.24, 2.45) is 17.8 Å². The lowest BCUT2D eigenvalue weighted by Crippen LogP contribution is -2.46. The fourth-order valence-electron chi connectivity index (χ4n) is 4.08. The summed E-state index contributed by atoms with van der Waals surface area (Å²) in [7, 11) is -4.06. The molecule has 4 atom stereocenters. The first-order valence-electron chi connectivity index (χ1n) is 6.98. The van der Waals surface area contributed by atoms with Gasteiger partial charge < -0.3 is 0 Å². The maximum Gasteiger partial charge on any atom is 0.265 e. The monoisotopic (exact) mass is 294 g/mol. The van der Waals surface area contributed by atoms with Crippen LogP contribution in [0.5, 0.6) is 0 Å². The Labute approximate surface area is 118 Å². The van der Waals surface area contributed by atoms with Crippen molar-refractivity contribution in [1.29, 1.82) is 0 Å². The summed E-state index contributed by atoms with van der Waals surface area (Å²) < 4.78 is 31.8. The summed E-state index contributed by atoms with van der Waals surface area (Å²) in [6.45, 7) is 0. The molecule has 0 saturated heterocycles. The van der Waals surface area contributed by atoms with E-state index in [1.807, 2.05) is 30.3 Å². The van der Waals surface area contributed by atoms with E-state index in [1.165, 1.54) is 0 Å². The molecule has 0 amide bonds. The summed E-state index contributed by atoms with van der Waals surface area (Å²) >= 11 is 0. The summed E-state index contributed by atoms with van der Waals surface area (Å²) in [5, 5.41) is 0. The first kappa shape index (κ1) is 13.8. The van der Waals surface area contributed by atoms with Crippen LogP contribution in [-0.2, 0) is 14.9 Å². The Morgan fingerprint density at radius 1 is 1.15 bits per heavy atom. The van der Waals surface area contributed by atoms with E-state index >= 15 is 0 Å². The highest BCUT2D eigenvalue weighted by atomic mass is 32.2. The molecular formula is C15H18O4S. The maximum atomic E-state index is 12.1. The number of hydrogen-bond donors (Lipinski definition) is 1. The molecule has 1 unspecified atom stereocenters. The quantitative estimate of drug-likeness (QED) is 0.868. The minimum atomic E-state index is -4.06. The highest BCUT2D eigenvalue weighted by molar-refractivity contribution is 7.85. The van der Waals surface area contributed by atoms with Crippen molar-refractivity contribution >= 4 is 15.9 Å². The molecule has 5 heteroatoms. The van der Waals surface area contributed by atoms with Gasteiger partial charge in [-0.2, -0.15) is 8.42 Å². The lowest BCUT2D eigenvalue weighted by Gasteiger charge is -2.47. The molecule has 3 saturated carbocycles. The fraction of sp³-hybridized carbons (Fsp3) is 0.533. The Kier molecular flexibility index (Phi) is 3.42. The van der Waals surface area contributed by atoms with Crippen LogP contribution in [0.1, 0.15) is 30.7 Å². The van der Waals surface area contributed by atoms with Gasteiger partial charge in [0.05, 0.1) is 5.75 Å². The number of rotatable bonds is 3. The molecular weight excluding hydrogens is 276 g/mol. The van der Waals surface area contributed by atoms with Crippen LogP contribution >= 0.6 is 0 Å². The van der Waals surface area contributed by atoms with Crippen LogP contribution in [0.4, 0.5) is 0 Å². The number of hydrogen-bond acceptors (Lipinski definition) is 3. The van der Waals surface area contributed by atoms with Gasteiger partial charge in [0.25, 0.3) is 10.1 Å².